The van der Waals surface area contributed by atoms with Gasteiger partial charge in [0.2, 0.25) is 0 Å². The van der Waals surface area contributed by atoms with Crippen LogP contribution in [0.25, 0.3) is 0 Å². The highest BCUT2D eigenvalue weighted by atomic mass is 16.4. The summed E-state index contributed by atoms with van der Waals surface area (Å²) in [4.78, 5) is 42.5. The van der Waals surface area contributed by atoms with Crippen molar-refractivity contribution in [3.05, 3.63) is 12.7 Å². The molecular formula is C9H19N3O8. The Kier molecular flexibility index (Phi) is 12.6. The summed E-state index contributed by atoms with van der Waals surface area (Å²) in [5.41, 5.74) is -3.46. The van der Waals surface area contributed by atoms with E-state index in [9.17, 15) is 39.6 Å². The van der Waals surface area contributed by atoms with E-state index in [0.717, 1.165) is 0 Å². The average Bonchev–Trinajstić information content (AvgIpc) is 2.15. The van der Waals surface area contributed by atoms with Gasteiger partial charge in [-0.25, -0.2) is 0 Å². The van der Waals surface area contributed by atoms with E-state index in [1.165, 1.54) is 0 Å². The summed E-state index contributed by atoms with van der Waals surface area (Å²) < 4.78 is 0. The molecule has 13 N–H and O–H groups in total. The summed E-state index contributed by atoms with van der Waals surface area (Å²) in [6.45, 7) is 2.89. The first-order chi connectivity index (χ1) is 7.66. The first kappa shape index (κ1) is 26.3. The molecule has 20 heavy (non-hydrogen) atoms. The van der Waals surface area contributed by atoms with Crippen LogP contribution in [0.15, 0.2) is 12.7 Å². The molecule has 0 aromatic rings. The fourth-order valence-electron chi connectivity index (χ4n) is 1.18. The van der Waals surface area contributed by atoms with Crippen LogP contribution >= 0.6 is 0 Å². The molecule has 0 aromatic carbocycles. The maximum Gasteiger partial charge on any atom is 0.167 e. The number of quaternary nitrogens is 3. The molecular weight excluding hydrogens is 278 g/mol. The molecule has 2 atom stereocenters. The third-order valence-electron chi connectivity index (χ3n) is 1.97. The molecule has 0 aromatic heterocycles. The van der Waals surface area contributed by atoms with E-state index >= 15 is 0 Å². The average molecular weight is 297 g/mol. The minimum absolute atomic E-state index is 0. The van der Waals surface area contributed by atoms with Crippen LogP contribution in [0.4, 0.5) is 0 Å². The molecule has 0 saturated carbocycles. The number of rotatable bonds is 7. The van der Waals surface area contributed by atoms with Gasteiger partial charge in [-0.1, -0.05) is 6.58 Å². The van der Waals surface area contributed by atoms with Crippen molar-refractivity contribution >= 4 is 23.7 Å². The van der Waals surface area contributed by atoms with E-state index in [-0.39, 0.29) is 18.5 Å². The normalized spacial score (nSPS) is 13.1. The second-order valence-corrected chi connectivity index (χ2v) is 3.12. The number of allylic oxidation sites excluding steroid dienone is 1. The zero-order chi connectivity index (χ0) is 13.8. The van der Waals surface area contributed by atoms with Crippen molar-refractivity contribution in [2.75, 3.05) is 0 Å². The minimum atomic E-state index is -3.46. The van der Waals surface area contributed by atoms with Crippen LogP contribution in [0.5, 0.6) is 0 Å². The number of hydrogen-bond donors (Lipinski definition) is 4. The molecule has 0 rings (SSSR count). The summed E-state index contributed by atoms with van der Waals surface area (Å²) in [5, 5.41) is 40.8. The lowest BCUT2D eigenvalue weighted by Crippen LogP contribution is -2.62. The summed E-state index contributed by atoms with van der Waals surface area (Å²) in [5.74, 6) is -10.8. The third kappa shape index (κ3) is 5.53. The lowest BCUT2D eigenvalue weighted by molar-refractivity contribution is -0.344. The van der Waals surface area contributed by atoms with Crippen molar-refractivity contribution in [1.29, 1.82) is 0 Å². The van der Waals surface area contributed by atoms with E-state index in [1.807, 2.05) is 0 Å². The van der Waals surface area contributed by atoms with Crippen molar-refractivity contribution in [2.24, 2.45) is 5.92 Å². The molecule has 0 aliphatic carbocycles. The van der Waals surface area contributed by atoms with Crippen LogP contribution in [-0.2, 0) is 19.2 Å². The van der Waals surface area contributed by atoms with Crippen LogP contribution in [0.3, 0.4) is 0 Å². The Morgan fingerprint density at radius 3 is 1.70 bits per heavy atom. The molecule has 0 fully saturated rings. The van der Waals surface area contributed by atoms with E-state index < -0.39 is 41.6 Å². The van der Waals surface area contributed by atoms with Crippen molar-refractivity contribution in [3.8, 4) is 0 Å². The van der Waals surface area contributed by atoms with Crippen molar-refractivity contribution in [1.82, 2.24) is 18.5 Å². The van der Waals surface area contributed by atoms with Crippen LogP contribution in [-0.4, -0.2) is 34.4 Å². The second-order valence-electron chi connectivity index (χ2n) is 3.12. The predicted octanol–water partition coefficient (Wildman–Crippen LogP) is -4.14. The van der Waals surface area contributed by atoms with Crippen LogP contribution in [0.2, 0.25) is 0 Å². The van der Waals surface area contributed by atoms with Gasteiger partial charge >= 0.3 is 0 Å². The fraction of sp³-hybridized carbons (Fsp3) is 0.333. The Morgan fingerprint density at radius 2 is 1.50 bits per heavy atom. The SMILES string of the molecule is C=CC(=O)C(C(=O)[O-])C(O)(CC(=O)[O-])C(=O)[O-].[NH4+].[NH4+].[NH4+]. The van der Waals surface area contributed by atoms with Crippen LogP contribution in [0, 0.1) is 5.92 Å². The number of aliphatic carboxylic acids is 3. The smallest absolute Gasteiger partial charge is 0.167 e. The van der Waals surface area contributed by atoms with Gasteiger partial charge in [0.25, 0.3) is 0 Å². The maximum atomic E-state index is 11.1. The lowest BCUT2D eigenvalue weighted by Gasteiger charge is -2.36. The molecule has 0 saturated heterocycles. The Hall–Kier alpha value is -2.34. The fourth-order valence-corrected chi connectivity index (χ4v) is 1.18. The van der Waals surface area contributed by atoms with Gasteiger partial charge in [0.15, 0.2) is 5.78 Å². The second kappa shape index (κ2) is 9.57. The highest BCUT2D eigenvalue weighted by molar-refractivity contribution is 6.08. The van der Waals surface area contributed by atoms with Gasteiger partial charge in [-0.05, 0) is 6.08 Å². The summed E-state index contributed by atoms with van der Waals surface area (Å²) in [6.07, 6.45) is -1.21. The van der Waals surface area contributed by atoms with Crippen LogP contribution in [0.1, 0.15) is 6.42 Å². The summed E-state index contributed by atoms with van der Waals surface area (Å²) >= 11 is 0. The first-order valence-corrected chi connectivity index (χ1v) is 4.17. The molecule has 0 heterocycles. The molecule has 11 nitrogen and oxygen atoms in total. The number of carboxylic acids is 3. The van der Waals surface area contributed by atoms with Gasteiger partial charge in [0, 0.05) is 12.4 Å². The van der Waals surface area contributed by atoms with Gasteiger partial charge in [-0.15, -0.1) is 0 Å². The summed E-state index contributed by atoms with van der Waals surface area (Å²) in [6, 6.07) is 0. The number of carboxylic acid groups (broad SMARTS) is 3. The molecule has 2 unspecified atom stereocenters. The van der Waals surface area contributed by atoms with Gasteiger partial charge in [-0.3, -0.25) is 4.79 Å². The Balaban J connectivity index is -0.000000427. The van der Waals surface area contributed by atoms with Gasteiger partial charge in [-0.2, -0.15) is 0 Å². The largest absolute Gasteiger partial charge is 0.550 e. The molecule has 0 bridgehead atoms. The van der Waals surface area contributed by atoms with Crippen LogP contribution < -0.4 is 33.8 Å². The lowest BCUT2D eigenvalue weighted by atomic mass is 9.81. The molecule has 0 radical (unpaired) electrons. The number of hydrogen-bond acceptors (Lipinski definition) is 8. The Bertz CT molecular complexity index is 397. The summed E-state index contributed by atoms with van der Waals surface area (Å²) in [7, 11) is 0. The standard InChI is InChI=1S/C9H10O8.3H3N/c1-2-4(10)6(7(13)14)9(17,8(15)16)3-5(11)12;;;/h2,6,17H,1,3H2,(H,11,12)(H,13,14)(H,15,16);3*1H3. The zero-order valence-electron chi connectivity index (χ0n) is 11.4. The van der Waals surface area contributed by atoms with E-state index in [4.69, 9.17) is 0 Å². The van der Waals surface area contributed by atoms with E-state index in [0.29, 0.717) is 6.08 Å². The zero-order valence-corrected chi connectivity index (χ0v) is 11.4. The van der Waals surface area contributed by atoms with E-state index in [2.05, 4.69) is 6.58 Å². The predicted molar refractivity (Wildman–Crippen MR) is 61.2 cm³/mol. The molecule has 0 aliphatic rings. The molecule has 118 valence electrons. The molecule has 11 heteroatoms. The third-order valence-corrected chi connectivity index (χ3v) is 1.97. The number of carbonyl (C=O) groups excluding carboxylic acids is 4. The first-order valence-electron chi connectivity index (χ1n) is 4.17. The highest BCUT2D eigenvalue weighted by Crippen LogP contribution is 2.22. The topological polar surface area (TPSA) is 267 Å². The van der Waals surface area contributed by atoms with Crippen molar-refractivity contribution in [2.45, 2.75) is 12.0 Å². The number of carbonyl (C=O) groups is 4. The van der Waals surface area contributed by atoms with Crippen molar-refractivity contribution in [3.63, 3.8) is 0 Å². The quantitative estimate of drug-likeness (QED) is 0.263. The van der Waals surface area contributed by atoms with Gasteiger partial charge in [0.05, 0.1) is 17.9 Å². The van der Waals surface area contributed by atoms with Gasteiger partial charge in [0.1, 0.15) is 5.60 Å². The number of ketones is 1. The molecule has 0 aliphatic heterocycles. The van der Waals surface area contributed by atoms with E-state index in [1.54, 1.807) is 0 Å². The Morgan fingerprint density at radius 1 is 1.10 bits per heavy atom. The highest BCUT2D eigenvalue weighted by Gasteiger charge is 2.43. The maximum absolute atomic E-state index is 11.1. The number of aliphatic hydroxyl groups is 1. The monoisotopic (exact) mass is 297 g/mol. The minimum Gasteiger partial charge on any atom is -0.550 e. The molecule has 0 spiro atoms. The van der Waals surface area contributed by atoms with Gasteiger partial charge < -0.3 is 53.3 Å². The molecule has 0 amide bonds. The van der Waals surface area contributed by atoms with Crippen molar-refractivity contribution < 1.29 is 39.6 Å². The Labute approximate surface area is 113 Å².